The molecule has 0 aliphatic carbocycles. The van der Waals surface area contributed by atoms with Crippen molar-refractivity contribution in [3.8, 4) is 11.5 Å². The number of nitrogens with zero attached hydrogens (tertiary/aromatic N) is 1. The maximum absolute atomic E-state index is 12.6. The largest absolute Gasteiger partial charge is 0.493 e. The van der Waals surface area contributed by atoms with Crippen molar-refractivity contribution >= 4 is 44.8 Å². The molecule has 2 aromatic rings. The first-order valence-corrected chi connectivity index (χ1v) is 10.6. The highest BCUT2D eigenvalue weighted by molar-refractivity contribution is 7.94. The van der Waals surface area contributed by atoms with E-state index < -0.39 is 27.8 Å². The van der Waals surface area contributed by atoms with Gasteiger partial charge in [-0.15, -0.1) is 0 Å². The predicted molar refractivity (Wildman–Crippen MR) is 109 cm³/mol. The molecule has 8 nitrogen and oxygen atoms in total. The first kappa shape index (κ1) is 20.9. The molecule has 0 saturated carbocycles. The van der Waals surface area contributed by atoms with Gasteiger partial charge in [-0.25, -0.2) is 12.7 Å². The molecule has 1 fully saturated rings. The maximum Gasteiger partial charge on any atom is 0.257 e. The van der Waals surface area contributed by atoms with Crippen LogP contribution in [0.2, 0.25) is 5.02 Å². The summed E-state index contributed by atoms with van der Waals surface area (Å²) in [4.78, 5) is 24.8. The molecule has 0 bridgehead atoms. The normalized spacial score (nSPS) is 17.9. The fourth-order valence-corrected chi connectivity index (χ4v) is 5.09. The van der Waals surface area contributed by atoms with Gasteiger partial charge in [0.1, 0.15) is 0 Å². The zero-order chi connectivity index (χ0) is 21.3. The number of benzene rings is 2. The highest BCUT2D eigenvalue weighted by atomic mass is 35.5. The molecule has 2 amide bonds. The summed E-state index contributed by atoms with van der Waals surface area (Å²) < 4.78 is 35.5. The van der Waals surface area contributed by atoms with Crippen LogP contribution in [-0.4, -0.2) is 40.2 Å². The van der Waals surface area contributed by atoms with E-state index in [0.717, 1.165) is 4.31 Å². The molecule has 1 N–H and O–H groups in total. The van der Waals surface area contributed by atoms with Gasteiger partial charge in [0.05, 0.1) is 42.2 Å². The fraction of sp³-hybridized carbons (Fsp3) is 0.263. The molecule has 1 aliphatic heterocycles. The van der Waals surface area contributed by atoms with Crippen LogP contribution in [-0.2, 0) is 14.8 Å². The summed E-state index contributed by atoms with van der Waals surface area (Å²) in [6, 6.07) is 8.92. The molecule has 0 aromatic heterocycles. The van der Waals surface area contributed by atoms with Crippen LogP contribution in [0.5, 0.6) is 11.5 Å². The van der Waals surface area contributed by atoms with E-state index in [1.54, 1.807) is 25.1 Å². The van der Waals surface area contributed by atoms with Gasteiger partial charge in [0.25, 0.3) is 5.91 Å². The zero-order valence-electron chi connectivity index (χ0n) is 15.9. The van der Waals surface area contributed by atoms with Gasteiger partial charge in [-0.3, -0.25) is 9.59 Å². The van der Waals surface area contributed by atoms with Crippen molar-refractivity contribution in [1.29, 1.82) is 0 Å². The number of ether oxygens (including phenoxy) is 2. The Labute approximate surface area is 173 Å². The Morgan fingerprint density at radius 2 is 1.83 bits per heavy atom. The van der Waals surface area contributed by atoms with Crippen molar-refractivity contribution in [2.24, 2.45) is 5.92 Å². The molecule has 154 valence electrons. The molecule has 0 spiro atoms. The van der Waals surface area contributed by atoms with Gasteiger partial charge in [-0.05, 0) is 30.3 Å². The minimum absolute atomic E-state index is 0.0167. The number of hydrogen-bond acceptors (Lipinski definition) is 6. The van der Waals surface area contributed by atoms with Gasteiger partial charge in [0.2, 0.25) is 15.9 Å². The van der Waals surface area contributed by atoms with E-state index in [9.17, 15) is 18.0 Å². The lowest BCUT2D eigenvalue weighted by molar-refractivity contribution is -0.119. The van der Waals surface area contributed by atoms with E-state index >= 15 is 0 Å². The molecule has 0 unspecified atom stereocenters. The average molecular weight is 439 g/mol. The Bertz CT molecular complexity index is 1090. The molecule has 1 aliphatic rings. The molecule has 29 heavy (non-hydrogen) atoms. The average Bonchev–Trinajstić information content (AvgIpc) is 2.88. The number of hydrogen-bond donors (Lipinski definition) is 1. The van der Waals surface area contributed by atoms with Crippen molar-refractivity contribution in [2.45, 2.75) is 6.92 Å². The first-order chi connectivity index (χ1) is 13.7. The zero-order valence-corrected chi connectivity index (χ0v) is 17.5. The number of anilines is 2. The van der Waals surface area contributed by atoms with Crippen LogP contribution in [0.25, 0.3) is 0 Å². The van der Waals surface area contributed by atoms with Crippen LogP contribution in [0.3, 0.4) is 0 Å². The van der Waals surface area contributed by atoms with Crippen LogP contribution in [0.15, 0.2) is 36.4 Å². The number of nitrogens with one attached hydrogen (secondary N) is 1. The second-order valence-electron chi connectivity index (χ2n) is 6.47. The van der Waals surface area contributed by atoms with Crippen molar-refractivity contribution in [3.63, 3.8) is 0 Å². The third-order valence-electron chi connectivity index (χ3n) is 4.43. The Hall–Kier alpha value is -2.78. The Kier molecular flexibility index (Phi) is 5.72. The van der Waals surface area contributed by atoms with Gasteiger partial charge >= 0.3 is 0 Å². The van der Waals surface area contributed by atoms with E-state index in [4.69, 9.17) is 21.1 Å². The molecule has 10 heteroatoms. The first-order valence-electron chi connectivity index (χ1n) is 8.57. The summed E-state index contributed by atoms with van der Waals surface area (Å²) in [6.07, 6.45) is 0. The number of carbonyl (C=O) groups excluding carboxylic acids is 2. The number of methoxy groups -OCH3 is 2. The van der Waals surface area contributed by atoms with E-state index in [-0.39, 0.29) is 22.0 Å². The van der Waals surface area contributed by atoms with Gasteiger partial charge in [-0.1, -0.05) is 18.5 Å². The van der Waals surface area contributed by atoms with Crippen LogP contribution < -0.4 is 19.1 Å². The Morgan fingerprint density at radius 1 is 1.14 bits per heavy atom. The number of carbonyl (C=O) groups is 2. The molecular formula is C19H19ClN2O6S. The number of sulfonamides is 1. The van der Waals surface area contributed by atoms with E-state index in [2.05, 4.69) is 5.32 Å². The minimum atomic E-state index is -3.75. The summed E-state index contributed by atoms with van der Waals surface area (Å²) in [6.45, 7) is 1.55. The summed E-state index contributed by atoms with van der Waals surface area (Å²) in [7, 11) is -0.769. The second kappa shape index (κ2) is 7.92. The highest BCUT2D eigenvalue weighted by Crippen LogP contribution is 2.33. The van der Waals surface area contributed by atoms with Gasteiger partial charge in [-0.2, -0.15) is 0 Å². The number of halogens is 1. The van der Waals surface area contributed by atoms with Crippen molar-refractivity contribution in [3.05, 3.63) is 47.0 Å². The Morgan fingerprint density at radius 3 is 2.38 bits per heavy atom. The summed E-state index contributed by atoms with van der Waals surface area (Å²) in [5, 5.41) is 2.71. The second-order valence-corrected chi connectivity index (χ2v) is 8.74. The monoisotopic (exact) mass is 438 g/mol. The van der Waals surface area contributed by atoms with Gasteiger partial charge in [0, 0.05) is 11.8 Å². The van der Waals surface area contributed by atoms with E-state index in [1.807, 2.05) is 0 Å². The molecular weight excluding hydrogens is 420 g/mol. The predicted octanol–water partition coefficient (Wildman–Crippen LogP) is 2.92. The third kappa shape index (κ3) is 4.01. The lowest BCUT2D eigenvalue weighted by Gasteiger charge is -2.16. The summed E-state index contributed by atoms with van der Waals surface area (Å²) in [5.41, 5.74) is 0.688. The third-order valence-corrected chi connectivity index (χ3v) is 6.61. The fourth-order valence-electron chi connectivity index (χ4n) is 3.01. The van der Waals surface area contributed by atoms with Crippen LogP contribution >= 0.6 is 11.6 Å². The van der Waals surface area contributed by atoms with E-state index in [0.29, 0.717) is 17.2 Å². The standard InChI is InChI=1S/C19H19ClN2O6S/c1-11-10-29(25,26)22(19(11)24)13-5-6-14(15(20)9-13)18(23)21-12-4-7-16(27-2)17(8-12)28-3/h4-9,11H,10H2,1-3H3,(H,21,23)/t11-/m0/s1. The lowest BCUT2D eigenvalue weighted by atomic mass is 10.1. The van der Waals surface area contributed by atoms with Crippen molar-refractivity contribution in [2.75, 3.05) is 29.6 Å². The van der Waals surface area contributed by atoms with Crippen LogP contribution in [0.4, 0.5) is 11.4 Å². The van der Waals surface area contributed by atoms with Crippen molar-refractivity contribution in [1.82, 2.24) is 0 Å². The van der Waals surface area contributed by atoms with Crippen molar-refractivity contribution < 1.29 is 27.5 Å². The summed E-state index contributed by atoms with van der Waals surface area (Å²) in [5.74, 6) is -0.962. The molecule has 1 saturated heterocycles. The minimum Gasteiger partial charge on any atom is -0.493 e. The molecule has 1 atom stereocenters. The van der Waals surface area contributed by atoms with Gasteiger partial charge in [0.15, 0.2) is 11.5 Å². The number of rotatable bonds is 5. The highest BCUT2D eigenvalue weighted by Gasteiger charge is 2.42. The lowest BCUT2D eigenvalue weighted by Crippen LogP contribution is -2.30. The Balaban J connectivity index is 1.86. The van der Waals surface area contributed by atoms with Crippen LogP contribution in [0.1, 0.15) is 17.3 Å². The number of amides is 2. The maximum atomic E-state index is 12.6. The van der Waals surface area contributed by atoms with Crippen LogP contribution in [0, 0.1) is 5.92 Å². The molecule has 0 radical (unpaired) electrons. The smallest absolute Gasteiger partial charge is 0.257 e. The van der Waals surface area contributed by atoms with E-state index in [1.165, 1.54) is 32.4 Å². The summed E-state index contributed by atoms with van der Waals surface area (Å²) >= 11 is 6.21. The SMILES string of the molecule is COc1ccc(NC(=O)c2ccc(N3C(=O)[C@@H](C)CS3(=O)=O)cc2Cl)cc1OC. The topological polar surface area (TPSA) is 102 Å². The molecule has 3 rings (SSSR count). The quantitative estimate of drug-likeness (QED) is 0.770. The van der Waals surface area contributed by atoms with Gasteiger partial charge < -0.3 is 14.8 Å². The molecule has 2 aromatic carbocycles. The molecule has 1 heterocycles.